The molecule has 0 fully saturated rings. The summed E-state index contributed by atoms with van der Waals surface area (Å²) in [6, 6.07) is 0. The second-order valence-corrected chi connectivity index (χ2v) is 2.48. The van der Waals surface area contributed by atoms with Crippen molar-refractivity contribution < 1.29 is 5.11 Å². The van der Waals surface area contributed by atoms with Gasteiger partial charge in [0, 0.05) is 0 Å². The van der Waals surface area contributed by atoms with Crippen LogP contribution in [-0.4, -0.2) is 11.0 Å². The third-order valence-corrected chi connectivity index (χ3v) is 1.19. The molecule has 1 nitrogen and oxygen atoms in total. The molecule has 0 aliphatic rings. The van der Waals surface area contributed by atoms with E-state index in [4.69, 9.17) is 5.11 Å². The average molecular weight is 120 g/mol. The fraction of sp³-hybridized carbons (Fsp3) is 1.00. The van der Waals surface area contributed by atoms with E-state index in [1.807, 2.05) is 0 Å². The van der Waals surface area contributed by atoms with E-state index in [0.717, 1.165) is 12.8 Å². The van der Waals surface area contributed by atoms with E-state index in [1.165, 1.54) is 6.42 Å². The van der Waals surface area contributed by atoms with Crippen molar-refractivity contribution in [3.8, 4) is 0 Å². The smallest absolute Gasteiger partial charge is 0.0673 e. The fourth-order valence-electron chi connectivity index (χ4n) is 0.413. The lowest BCUT2D eigenvalue weighted by atomic mass is 10.3. The van der Waals surface area contributed by atoms with Crippen LogP contribution in [0.25, 0.3) is 0 Å². The van der Waals surface area contributed by atoms with Gasteiger partial charge in [-0.15, -0.1) is 9.24 Å². The predicted octanol–water partition coefficient (Wildman–Crippen LogP) is 1.37. The molecule has 0 aliphatic heterocycles. The van der Waals surface area contributed by atoms with E-state index in [9.17, 15) is 0 Å². The van der Waals surface area contributed by atoms with Crippen LogP contribution in [0, 0.1) is 0 Å². The first kappa shape index (κ1) is 7.39. The van der Waals surface area contributed by atoms with Gasteiger partial charge in [0.2, 0.25) is 0 Å². The van der Waals surface area contributed by atoms with Crippen molar-refractivity contribution in [1.82, 2.24) is 0 Å². The van der Waals surface area contributed by atoms with Gasteiger partial charge in [-0.25, -0.2) is 0 Å². The largest absolute Gasteiger partial charge is 0.389 e. The lowest BCUT2D eigenvalue weighted by Crippen LogP contribution is -1.92. The number of aliphatic hydroxyl groups is 1. The van der Waals surface area contributed by atoms with Crippen molar-refractivity contribution in [2.75, 3.05) is 0 Å². The minimum atomic E-state index is -0.181. The molecule has 0 amide bonds. The summed E-state index contributed by atoms with van der Waals surface area (Å²) >= 11 is 0. The molecule has 0 rings (SSSR count). The number of hydrogen-bond acceptors (Lipinski definition) is 1. The van der Waals surface area contributed by atoms with Gasteiger partial charge in [-0.05, 0) is 6.42 Å². The van der Waals surface area contributed by atoms with Crippen LogP contribution in [0.1, 0.15) is 26.2 Å². The molecular weight excluding hydrogens is 107 g/mol. The fourth-order valence-corrected chi connectivity index (χ4v) is 0.649. The Bertz CT molecular complexity index is 37.1. The molecule has 0 spiro atoms. The zero-order valence-corrected chi connectivity index (χ0v) is 5.88. The number of hydrogen-bond donors (Lipinski definition) is 1. The molecule has 44 valence electrons. The quantitative estimate of drug-likeness (QED) is 0.558. The van der Waals surface area contributed by atoms with Crippen LogP contribution in [0.3, 0.4) is 0 Å². The molecule has 0 heterocycles. The van der Waals surface area contributed by atoms with E-state index < -0.39 is 0 Å². The highest BCUT2D eigenvalue weighted by Crippen LogP contribution is 2.04. The normalized spacial score (nSPS) is 14.1. The summed E-state index contributed by atoms with van der Waals surface area (Å²) in [4.78, 5) is 0. The summed E-state index contributed by atoms with van der Waals surface area (Å²) in [5.74, 6) is -0.181. The predicted molar refractivity (Wildman–Crippen MR) is 35.2 cm³/mol. The van der Waals surface area contributed by atoms with E-state index >= 15 is 0 Å². The highest BCUT2D eigenvalue weighted by molar-refractivity contribution is 7.17. The topological polar surface area (TPSA) is 20.2 Å². The van der Waals surface area contributed by atoms with Crippen molar-refractivity contribution in [2.45, 2.75) is 32.0 Å². The van der Waals surface area contributed by atoms with Crippen molar-refractivity contribution in [1.29, 1.82) is 0 Å². The second kappa shape index (κ2) is 4.55. The van der Waals surface area contributed by atoms with Gasteiger partial charge in [-0.1, -0.05) is 19.8 Å². The molecule has 7 heavy (non-hydrogen) atoms. The van der Waals surface area contributed by atoms with Crippen LogP contribution < -0.4 is 0 Å². The van der Waals surface area contributed by atoms with E-state index in [2.05, 4.69) is 16.2 Å². The first-order chi connectivity index (χ1) is 3.27. The highest BCUT2D eigenvalue weighted by atomic mass is 31.0. The van der Waals surface area contributed by atoms with Gasteiger partial charge in [-0.2, -0.15) is 0 Å². The number of unbranched alkanes of at least 4 members (excludes halogenated alkanes) is 1. The third kappa shape index (κ3) is 6.39. The third-order valence-electron chi connectivity index (χ3n) is 0.853. The van der Waals surface area contributed by atoms with Crippen LogP contribution in [0.15, 0.2) is 0 Å². The molecule has 0 aromatic carbocycles. The molecule has 1 N–H and O–H groups in total. The van der Waals surface area contributed by atoms with E-state index in [1.54, 1.807) is 0 Å². The Balaban J connectivity index is 2.68. The minimum absolute atomic E-state index is 0.181. The van der Waals surface area contributed by atoms with Gasteiger partial charge >= 0.3 is 0 Å². The molecule has 0 bridgehead atoms. The van der Waals surface area contributed by atoms with Gasteiger partial charge in [0.25, 0.3) is 0 Å². The van der Waals surface area contributed by atoms with Crippen LogP contribution in [0.4, 0.5) is 0 Å². The summed E-state index contributed by atoms with van der Waals surface area (Å²) in [7, 11) is 2.36. The zero-order chi connectivity index (χ0) is 5.70. The minimum Gasteiger partial charge on any atom is -0.389 e. The summed E-state index contributed by atoms with van der Waals surface area (Å²) in [5.41, 5.74) is 0. The van der Waals surface area contributed by atoms with Crippen molar-refractivity contribution in [2.24, 2.45) is 0 Å². The van der Waals surface area contributed by atoms with Crippen LogP contribution >= 0.6 is 9.24 Å². The average Bonchev–Trinajstić information content (AvgIpc) is 1.61. The molecule has 0 aromatic rings. The van der Waals surface area contributed by atoms with Gasteiger partial charge < -0.3 is 5.11 Å². The van der Waals surface area contributed by atoms with Crippen LogP contribution in [-0.2, 0) is 0 Å². The number of aliphatic hydroxyl groups excluding tert-OH is 1. The van der Waals surface area contributed by atoms with Gasteiger partial charge in [0.05, 0.1) is 5.85 Å². The molecule has 0 aromatic heterocycles. The lowest BCUT2D eigenvalue weighted by Gasteiger charge is -1.98. The SMILES string of the molecule is CCCCC(O)P. The van der Waals surface area contributed by atoms with Gasteiger partial charge in [0.15, 0.2) is 0 Å². The van der Waals surface area contributed by atoms with E-state index in [0.29, 0.717) is 0 Å². The lowest BCUT2D eigenvalue weighted by molar-refractivity contribution is 0.248. The zero-order valence-electron chi connectivity index (χ0n) is 4.72. The maximum absolute atomic E-state index is 8.65. The van der Waals surface area contributed by atoms with Crippen LogP contribution in [0.2, 0.25) is 0 Å². The van der Waals surface area contributed by atoms with Gasteiger partial charge in [-0.3, -0.25) is 0 Å². The Kier molecular flexibility index (Phi) is 4.80. The monoisotopic (exact) mass is 120 g/mol. The molecule has 2 heteroatoms. The Morgan fingerprint density at radius 3 is 2.43 bits per heavy atom. The summed E-state index contributed by atoms with van der Waals surface area (Å²) in [6.07, 6.45) is 3.22. The standard InChI is InChI=1S/C5H13OP/c1-2-3-4-5(6)7/h5-6H,2-4,7H2,1H3. The van der Waals surface area contributed by atoms with Crippen LogP contribution in [0.5, 0.6) is 0 Å². The summed E-state index contributed by atoms with van der Waals surface area (Å²) in [5, 5.41) is 8.65. The Morgan fingerprint density at radius 1 is 1.71 bits per heavy atom. The van der Waals surface area contributed by atoms with Gasteiger partial charge in [0.1, 0.15) is 0 Å². The maximum atomic E-state index is 8.65. The van der Waals surface area contributed by atoms with Crippen molar-refractivity contribution in [3.63, 3.8) is 0 Å². The van der Waals surface area contributed by atoms with Crippen molar-refractivity contribution >= 4 is 9.24 Å². The molecule has 0 saturated carbocycles. The molecule has 0 radical (unpaired) electrons. The molecule has 2 atom stereocenters. The first-order valence-corrected chi connectivity index (χ1v) is 3.37. The second-order valence-electron chi connectivity index (χ2n) is 1.71. The molecule has 2 unspecified atom stereocenters. The maximum Gasteiger partial charge on any atom is 0.0673 e. The van der Waals surface area contributed by atoms with E-state index in [-0.39, 0.29) is 5.85 Å². The Labute approximate surface area is 47.3 Å². The summed E-state index contributed by atoms with van der Waals surface area (Å²) < 4.78 is 0. The molecule has 0 saturated heterocycles. The Hall–Kier alpha value is 0.390. The van der Waals surface area contributed by atoms with Crippen molar-refractivity contribution in [3.05, 3.63) is 0 Å². The number of rotatable bonds is 3. The summed E-state index contributed by atoms with van der Waals surface area (Å²) in [6.45, 7) is 2.12. The molecular formula is C5H13OP. The molecule has 0 aliphatic carbocycles. The first-order valence-electron chi connectivity index (χ1n) is 2.71. The Morgan fingerprint density at radius 2 is 2.29 bits per heavy atom. The highest BCUT2D eigenvalue weighted by Gasteiger charge is 1.90.